The summed E-state index contributed by atoms with van der Waals surface area (Å²) in [5.74, 6) is -1.77. The van der Waals surface area contributed by atoms with Crippen LogP contribution >= 0.6 is 0 Å². The number of halogens is 2. The van der Waals surface area contributed by atoms with Crippen molar-refractivity contribution in [1.29, 1.82) is 0 Å². The quantitative estimate of drug-likeness (QED) is 0.681. The van der Waals surface area contributed by atoms with Crippen LogP contribution in [0.15, 0.2) is 24.4 Å². The van der Waals surface area contributed by atoms with Crippen LogP contribution in [0.1, 0.15) is 36.3 Å². The first-order chi connectivity index (χ1) is 14.7. The van der Waals surface area contributed by atoms with Gasteiger partial charge in [-0.3, -0.25) is 9.58 Å². The summed E-state index contributed by atoms with van der Waals surface area (Å²) in [6.07, 6.45) is 1.69. The number of rotatable bonds is 5. The Morgan fingerprint density at radius 1 is 1.42 bits per heavy atom. The van der Waals surface area contributed by atoms with Gasteiger partial charge in [0.05, 0.1) is 26.0 Å². The number of aromatic nitrogens is 2. The molecule has 0 saturated carbocycles. The van der Waals surface area contributed by atoms with Gasteiger partial charge in [0.1, 0.15) is 17.7 Å². The molecule has 0 amide bonds. The second kappa shape index (κ2) is 8.27. The van der Waals surface area contributed by atoms with Gasteiger partial charge in [-0.25, -0.2) is 13.6 Å². The Bertz CT molecular complexity index is 957. The number of benzene rings is 1. The molecule has 2 aliphatic rings. The first-order valence-corrected chi connectivity index (χ1v) is 10.1. The fourth-order valence-electron chi connectivity index (χ4n) is 4.33. The molecule has 10 heteroatoms. The number of ether oxygens (including phenoxy) is 2. The molecular formula is C21H26F2N4O4. The van der Waals surface area contributed by atoms with E-state index in [0.717, 1.165) is 29.5 Å². The molecule has 0 spiro atoms. The Morgan fingerprint density at radius 2 is 2.19 bits per heavy atom. The molecule has 3 heterocycles. The van der Waals surface area contributed by atoms with E-state index >= 15 is 0 Å². The fraction of sp³-hybridized carbons (Fsp3) is 0.524. The number of fused-ring (bicyclic) bond motifs is 1. The van der Waals surface area contributed by atoms with Crippen molar-refractivity contribution < 1.29 is 28.2 Å². The maximum absolute atomic E-state index is 14.1. The Hall–Kier alpha value is -2.40. The predicted octanol–water partition coefficient (Wildman–Crippen LogP) is 1.26. The van der Waals surface area contributed by atoms with E-state index in [0.29, 0.717) is 26.1 Å². The van der Waals surface area contributed by atoms with Gasteiger partial charge < -0.3 is 20.3 Å². The van der Waals surface area contributed by atoms with Gasteiger partial charge in [-0.1, -0.05) is 0 Å². The largest absolute Gasteiger partial charge is 0.467 e. The maximum Gasteiger partial charge on any atom is 0.339 e. The SMILES string of the molecule is COC(=O)C(C)(O)Cn1cc2c(n1)CN([C@H]1CO[C@H](c3cc(F)ccc3F)[C@@H](N)C1)C2. The highest BCUT2D eigenvalue weighted by atomic mass is 19.1. The van der Waals surface area contributed by atoms with Crippen LogP contribution in [0.25, 0.3) is 0 Å². The zero-order chi connectivity index (χ0) is 22.3. The van der Waals surface area contributed by atoms with Gasteiger partial charge in [0, 0.05) is 42.5 Å². The zero-order valence-corrected chi connectivity index (χ0v) is 17.4. The van der Waals surface area contributed by atoms with Crippen LogP contribution in [-0.4, -0.2) is 57.2 Å². The van der Waals surface area contributed by atoms with Gasteiger partial charge in [0.25, 0.3) is 0 Å². The second-order valence-electron chi connectivity index (χ2n) is 8.44. The Morgan fingerprint density at radius 3 is 2.87 bits per heavy atom. The van der Waals surface area contributed by atoms with E-state index in [1.54, 1.807) is 10.9 Å². The van der Waals surface area contributed by atoms with Crippen molar-refractivity contribution in [1.82, 2.24) is 14.7 Å². The van der Waals surface area contributed by atoms with E-state index in [1.807, 2.05) is 0 Å². The van der Waals surface area contributed by atoms with Crippen LogP contribution in [0.3, 0.4) is 0 Å². The summed E-state index contributed by atoms with van der Waals surface area (Å²) < 4.78 is 39.7. The molecule has 4 rings (SSSR count). The maximum atomic E-state index is 14.1. The lowest BCUT2D eigenvalue weighted by Gasteiger charge is -2.38. The van der Waals surface area contributed by atoms with Crippen molar-refractivity contribution in [3.05, 3.63) is 52.9 Å². The second-order valence-corrected chi connectivity index (χ2v) is 8.44. The van der Waals surface area contributed by atoms with Crippen LogP contribution in [-0.2, 0) is 33.9 Å². The van der Waals surface area contributed by atoms with Gasteiger partial charge in [0.2, 0.25) is 0 Å². The Kier molecular flexibility index (Phi) is 5.82. The number of carbonyl (C=O) groups excluding carboxylic acids is 1. The molecule has 1 saturated heterocycles. The molecule has 8 nitrogen and oxygen atoms in total. The minimum Gasteiger partial charge on any atom is -0.467 e. The molecule has 1 unspecified atom stereocenters. The Balaban J connectivity index is 1.38. The molecular weight excluding hydrogens is 410 g/mol. The van der Waals surface area contributed by atoms with Gasteiger partial charge in [-0.2, -0.15) is 5.10 Å². The average Bonchev–Trinajstić information content (AvgIpc) is 3.27. The van der Waals surface area contributed by atoms with Gasteiger partial charge in [-0.15, -0.1) is 0 Å². The van der Waals surface area contributed by atoms with E-state index in [9.17, 15) is 18.7 Å². The van der Waals surface area contributed by atoms with Crippen LogP contribution in [0.2, 0.25) is 0 Å². The normalized spacial score (nSPS) is 25.8. The number of hydrogen-bond donors (Lipinski definition) is 2. The van der Waals surface area contributed by atoms with Gasteiger partial charge in [-0.05, 0) is 31.5 Å². The van der Waals surface area contributed by atoms with Crippen molar-refractivity contribution in [3.8, 4) is 0 Å². The lowest BCUT2D eigenvalue weighted by molar-refractivity contribution is -0.162. The van der Waals surface area contributed by atoms with E-state index in [-0.39, 0.29) is 18.2 Å². The first-order valence-electron chi connectivity index (χ1n) is 10.1. The molecule has 2 aliphatic heterocycles. The topological polar surface area (TPSA) is 103 Å². The lowest BCUT2D eigenvalue weighted by atomic mass is 9.93. The van der Waals surface area contributed by atoms with E-state index in [2.05, 4.69) is 14.7 Å². The molecule has 3 N–H and O–H groups in total. The first kappa shape index (κ1) is 21.8. The third kappa shape index (κ3) is 4.33. The molecule has 2 aromatic rings. The molecule has 0 bridgehead atoms. The summed E-state index contributed by atoms with van der Waals surface area (Å²) in [4.78, 5) is 13.9. The average molecular weight is 436 g/mol. The minimum atomic E-state index is -1.67. The van der Waals surface area contributed by atoms with Crippen LogP contribution in [0, 0.1) is 11.6 Å². The minimum absolute atomic E-state index is 0.00896. The molecule has 1 fully saturated rings. The number of nitrogens with two attached hydrogens (primary N) is 1. The lowest BCUT2D eigenvalue weighted by Crippen LogP contribution is -2.47. The Labute approximate surface area is 178 Å². The van der Waals surface area contributed by atoms with E-state index < -0.39 is 35.4 Å². The highest BCUT2D eigenvalue weighted by Crippen LogP contribution is 2.34. The van der Waals surface area contributed by atoms with Crippen molar-refractivity contribution in [2.45, 2.75) is 56.8 Å². The molecule has 168 valence electrons. The van der Waals surface area contributed by atoms with Gasteiger partial charge in [0.15, 0.2) is 5.60 Å². The molecule has 1 aromatic heterocycles. The fourth-order valence-corrected chi connectivity index (χ4v) is 4.33. The number of carbonyl (C=O) groups is 1. The van der Waals surface area contributed by atoms with Crippen molar-refractivity contribution in [2.24, 2.45) is 5.73 Å². The highest BCUT2D eigenvalue weighted by molar-refractivity contribution is 5.78. The summed E-state index contributed by atoms with van der Waals surface area (Å²) in [6, 6.07) is 2.84. The summed E-state index contributed by atoms with van der Waals surface area (Å²) >= 11 is 0. The van der Waals surface area contributed by atoms with E-state index in [1.165, 1.54) is 14.0 Å². The number of hydrogen-bond acceptors (Lipinski definition) is 7. The molecule has 0 aliphatic carbocycles. The molecule has 4 atom stereocenters. The van der Waals surface area contributed by atoms with Crippen molar-refractivity contribution >= 4 is 5.97 Å². The summed E-state index contributed by atoms with van der Waals surface area (Å²) in [5.41, 5.74) is 6.59. The van der Waals surface area contributed by atoms with Crippen molar-refractivity contribution in [2.75, 3.05) is 13.7 Å². The van der Waals surface area contributed by atoms with Crippen LogP contribution in [0.4, 0.5) is 8.78 Å². The number of aliphatic hydroxyl groups is 1. The van der Waals surface area contributed by atoms with Crippen LogP contribution < -0.4 is 5.73 Å². The smallest absolute Gasteiger partial charge is 0.339 e. The summed E-state index contributed by atoms with van der Waals surface area (Å²) in [5, 5.41) is 14.7. The summed E-state index contributed by atoms with van der Waals surface area (Å²) in [7, 11) is 1.22. The van der Waals surface area contributed by atoms with Crippen LogP contribution in [0.5, 0.6) is 0 Å². The molecule has 0 radical (unpaired) electrons. The highest BCUT2D eigenvalue weighted by Gasteiger charge is 2.38. The van der Waals surface area contributed by atoms with E-state index in [4.69, 9.17) is 10.5 Å². The third-order valence-corrected chi connectivity index (χ3v) is 5.93. The standard InChI is InChI=1S/C21H26F2N4O4/c1-21(29,20(28)30-2)11-27-8-12-7-26(9-18(12)25-27)14-6-17(24)19(31-10-14)15-5-13(22)3-4-16(15)23/h3-5,8,14,17,19,29H,6-7,9-11,24H2,1-2H3/t14-,17+,19-,21?/m1/s1. The predicted molar refractivity (Wildman–Crippen MR) is 106 cm³/mol. The number of esters is 1. The summed E-state index contributed by atoms with van der Waals surface area (Å²) in [6.45, 7) is 2.91. The number of methoxy groups -OCH3 is 1. The van der Waals surface area contributed by atoms with Gasteiger partial charge >= 0.3 is 5.97 Å². The molecule has 1 aromatic carbocycles. The third-order valence-electron chi connectivity index (χ3n) is 5.93. The van der Waals surface area contributed by atoms with Crippen molar-refractivity contribution in [3.63, 3.8) is 0 Å². The zero-order valence-electron chi connectivity index (χ0n) is 17.4. The molecule has 31 heavy (non-hydrogen) atoms. The monoisotopic (exact) mass is 436 g/mol. The number of nitrogens with zero attached hydrogens (tertiary/aromatic N) is 3.